The molecule has 0 aromatic carbocycles. The molecule has 2 nitrogen and oxygen atoms in total. The number of nitrogens with zero attached hydrogens (tertiary/aromatic N) is 1. The van der Waals surface area contributed by atoms with Crippen LogP contribution in [0.2, 0.25) is 0 Å². The Morgan fingerprint density at radius 1 is 1.21 bits per heavy atom. The van der Waals surface area contributed by atoms with Crippen LogP contribution >= 0.6 is 0 Å². The SMILES string of the molecule is CN(CC1CCC1)CC1CCCC1=O. The number of hydrogen-bond donors (Lipinski definition) is 0. The summed E-state index contributed by atoms with van der Waals surface area (Å²) in [5.74, 6) is 1.79. The van der Waals surface area contributed by atoms with Crippen molar-refractivity contribution < 1.29 is 4.79 Å². The standard InChI is InChI=1S/C12H21NO/c1-13(8-10-4-2-5-10)9-11-6-3-7-12(11)14/h10-11H,2-9H2,1H3. The van der Waals surface area contributed by atoms with Crippen LogP contribution in [0.1, 0.15) is 38.5 Å². The van der Waals surface area contributed by atoms with E-state index in [1.54, 1.807) is 0 Å². The number of rotatable bonds is 4. The Kier molecular flexibility index (Phi) is 3.22. The van der Waals surface area contributed by atoms with Crippen molar-refractivity contribution >= 4 is 5.78 Å². The second-order valence-corrected chi connectivity index (χ2v) is 5.07. The highest BCUT2D eigenvalue weighted by Gasteiger charge is 2.26. The van der Waals surface area contributed by atoms with Crippen molar-refractivity contribution in [1.82, 2.24) is 4.90 Å². The Hall–Kier alpha value is -0.370. The Bertz CT molecular complexity index is 210. The first-order valence-corrected chi connectivity index (χ1v) is 5.97. The number of carbonyl (C=O) groups is 1. The van der Waals surface area contributed by atoms with Gasteiger partial charge in [-0.2, -0.15) is 0 Å². The lowest BCUT2D eigenvalue weighted by atomic mass is 9.85. The summed E-state index contributed by atoms with van der Waals surface area (Å²) in [6.07, 6.45) is 7.32. The van der Waals surface area contributed by atoms with Crippen LogP contribution in [-0.2, 0) is 4.79 Å². The van der Waals surface area contributed by atoms with Crippen molar-refractivity contribution in [3.05, 3.63) is 0 Å². The molecule has 1 atom stereocenters. The first-order valence-electron chi connectivity index (χ1n) is 5.97. The largest absolute Gasteiger partial charge is 0.305 e. The van der Waals surface area contributed by atoms with Gasteiger partial charge in [0, 0.05) is 25.4 Å². The van der Waals surface area contributed by atoms with Gasteiger partial charge in [-0.25, -0.2) is 0 Å². The Balaban J connectivity index is 1.70. The minimum absolute atomic E-state index is 0.361. The average molecular weight is 195 g/mol. The molecule has 0 aromatic heterocycles. The van der Waals surface area contributed by atoms with E-state index in [1.165, 1.54) is 25.8 Å². The van der Waals surface area contributed by atoms with Gasteiger partial charge in [-0.15, -0.1) is 0 Å². The molecule has 2 fully saturated rings. The molecule has 0 radical (unpaired) electrons. The molecule has 2 aliphatic carbocycles. The third kappa shape index (κ3) is 2.35. The highest BCUT2D eigenvalue weighted by molar-refractivity contribution is 5.83. The first-order chi connectivity index (χ1) is 6.75. The Morgan fingerprint density at radius 2 is 2.00 bits per heavy atom. The van der Waals surface area contributed by atoms with Crippen molar-refractivity contribution in [2.24, 2.45) is 11.8 Å². The third-order valence-corrected chi connectivity index (χ3v) is 3.76. The lowest BCUT2D eigenvalue weighted by Crippen LogP contribution is -2.34. The van der Waals surface area contributed by atoms with Crippen molar-refractivity contribution in [1.29, 1.82) is 0 Å². The van der Waals surface area contributed by atoms with E-state index < -0.39 is 0 Å². The normalized spacial score (nSPS) is 28.4. The molecule has 2 rings (SSSR count). The Morgan fingerprint density at radius 3 is 2.50 bits per heavy atom. The van der Waals surface area contributed by atoms with Crippen LogP contribution in [0.4, 0.5) is 0 Å². The molecule has 80 valence electrons. The number of ketones is 1. The minimum atomic E-state index is 0.361. The molecule has 1 unspecified atom stereocenters. The van der Waals surface area contributed by atoms with E-state index in [-0.39, 0.29) is 0 Å². The second-order valence-electron chi connectivity index (χ2n) is 5.07. The van der Waals surface area contributed by atoms with Gasteiger partial charge in [0.2, 0.25) is 0 Å². The number of hydrogen-bond acceptors (Lipinski definition) is 2. The van der Waals surface area contributed by atoms with Crippen molar-refractivity contribution in [3.63, 3.8) is 0 Å². The summed E-state index contributed by atoms with van der Waals surface area (Å²) >= 11 is 0. The maximum Gasteiger partial charge on any atom is 0.137 e. The fourth-order valence-corrected chi connectivity index (χ4v) is 2.65. The van der Waals surface area contributed by atoms with Crippen LogP contribution in [0, 0.1) is 11.8 Å². The molecule has 0 heterocycles. The van der Waals surface area contributed by atoms with Crippen LogP contribution in [0.5, 0.6) is 0 Å². The van der Waals surface area contributed by atoms with Crippen molar-refractivity contribution in [3.8, 4) is 0 Å². The second kappa shape index (κ2) is 4.43. The predicted octanol–water partition coefficient (Wildman–Crippen LogP) is 2.09. The zero-order chi connectivity index (χ0) is 9.97. The molecule has 0 aromatic rings. The molecule has 0 N–H and O–H groups in total. The van der Waals surface area contributed by atoms with Gasteiger partial charge in [0.25, 0.3) is 0 Å². The molecular weight excluding hydrogens is 174 g/mol. The highest BCUT2D eigenvalue weighted by Crippen LogP contribution is 2.28. The van der Waals surface area contributed by atoms with Gasteiger partial charge < -0.3 is 4.90 Å². The van der Waals surface area contributed by atoms with E-state index in [0.717, 1.165) is 31.7 Å². The lowest BCUT2D eigenvalue weighted by molar-refractivity contribution is -0.121. The summed E-state index contributed by atoms with van der Waals surface area (Å²) in [4.78, 5) is 13.8. The van der Waals surface area contributed by atoms with Gasteiger partial charge >= 0.3 is 0 Å². The fourth-order valence-electron chi connectivity index (χ4n) is 2.65. The van der Waals surface area contributed by atoms with E-state index in [2.05, 4.69) is 11.9 Å². The fraction of sp³-hybridized carbons (Fsp3) is 0.917. The van der Waals surface area contributed by atoms with Crippen LogP contribution in [0.15, 0.2) is 0 Å². The summed E-state index contributed by atoms with van der Waals surface area (Å²) in [6.45, 7) is 2.22. The molecule has 0 saturated heterocycles. The monoisotopic (exact) mass is 195 g/mol. The smallest absolute Gasteiger partial charge is 0.137 e. The van der Waals surface area contributed by atoms with E-state index >= 15 is 0 Å². The van der Waals surface area contributed by atoms with Crippen LogP contribution < -0.4 is 0 Å². The highest BCUT2D eigenvalue weighted by atomic mass is 16.1. The van der Waals surface area contributed by atoms with E-state index in [4.69, 9.17) is 0 Å². The summed E-state index contributed by atoms with van der Waals surface area (Å²) in [6, 6.07) is 0. The zero-order valence-electron chi connectivity index (χ0n) is 9.17. The van der Waals surface area contributed by atoms with Gasteiger partial charge in [-0.1, -0.05) is 6.42 Å². The van der Waals surface area contributed by atoms with Gasteiger partial charge in [0.15, 0.2) is 0 Å². The number of carbonyl (C=O) groups excluding carboxylic acids is 1. The minimum Gasteiger partial charge on any atom is -0.305 e. The topological polar surface area (TPSA) is 20.3 Å². The van der Waals surface area contributed by atoms with Gasteiger partial charge in [0.1, 0.15) is 5.78 Å². The quantitative estimate of drug-likeness (QED) is 0.684. The maximum atomic E-state index is 11.5. The molecule has 0 bridgehead atoms. The third-order valence-electron chi connectivity index (χ3n) is 3.76. The van der Waals surface area contributed by atoms with Gasteiger partial charge in [-0.05, 0) is 38.6 Å². The zero-order valence-corrected chi connectivity index (χ0v) is 9.17. The molecule has 0 spiro atoms. The summed E-state index contributed by atoms with van der Waals surface area (Å²) < 4.78 is 0. The lowest BCUT2D eigenvalue weighted by Gasteiger charge is -2.31. The van der Waals surface area contributed by atoms with Crippen LogP contribution in [0.3, 0.4) is 0 Å². The Labute approximate surface area is 86.7 Å². The predicted molar refractivity (Wildman–Crippen MR) is 57.2 cm³/mol. The van der Waals surface area contributed by atoms with Gasteiger partial charge in [0.05, 0.1) is 0 Å². The molecular formula is C12H21NO. The van der Waals surface area contributed by atoms with Crippen molar-refractivity contribution in [2.45, 2.75) is 38.5 Å². The first kappa shape index (κ1) is 10.2. The van der Waals surface area contributed by atoms with Crippen LogP contribution in [-0.4, -0.2) is 30.8 Å². The summed E-state index contributed by atoms with van der Waals surface area (Å²) in [5, 5.41) is 0. The maximum absolute atomic E-state index is 11.5. The molecule has 2 heteroatoms. The molecule has 2 aliphatic rings. The molecule has 0 amide bonds. The molecule has 14 heavy (non-hydrogen) atoms. The van der Waals surface area contributed by atoms with E-state index in [1.807, 2.05) is 0 Å². The van der Waals surface area contributed by atoms with E-state index in [0.29, 0.717) is 11.7 Å². The van der Waals surface area contributed by atoms with Crippen LogP contribution in [0.25, 0.3) is 0 Å². The van der Waals surface area contributed by atoms with E-state index in [9.17, 15) is 4.79 Å². The number of Topliss-reactive ketones (excluding diaryl/α,β-unsaturated/α-hetero) is 1. The summed E-state index contributed by atoms with van der Waals surface area (Å²) in [7, 11) is 2.17. The molecule has 2 saturated carbocycles. The molecule has 0 aliphatic heterocycles. The average Bonchev–Trinajstić information content (AvgIpc) is 2.45. The van der Waals surface area contributed by atoms with Gasteiger partial charge in [-0.3, -0.25) is 4.79 Å². The van der Waals surface area contributed by atoms with Crippen molar-refractivity contribution in [2.75, 3.05) is 20.1 Å². The summed E-state index contributed by atoms with van der Waals surface area (Å²) in [5.41, 5.74) is 0.